The van der Waals surface area contributed by atoms with Crippen LogP contribution in [0.1, 0.15) is 16.7 Å². The minimum atomic E-state index is -4.46. The van der Waals surface area contributed by atoms with E-state index in [0.717, 1.165) is 33.5 Å². The summed E-state index contributed by atoms with van der Waals surface area (Å²) < 4.78 is 39.0. The molecule has 0 saturated carbocycles. The van der Waals surface area contributed by atoms with E-state index >= 15 is 0 Å². The molecule has 1 aromatic heterocycles. The topological polar surface area (TPSA) is 54.0 Å². The highest BCUT2D eigenvalue weighted by Gasteiger charge is 2.30. The zero-order valence-corrected chi connectivity index (χ0v) is 14.2. The number of aromatic nitrogens is 1. The Morgan fingerprint density at radius 3 is 2.60 bits per heavy atom. The molecule has 2 N–H and O–H groups in total. The summed E-state index contributed by atoms with van der Waals surface area (Å²) in [6.45, 7) is 3.90. The van der Waals surface area contributed by atoms with Crippen molar-refractivity contribution in [3.8, 4) is 0 Å². The first-order valence-electron chi connectivity index (χ1n) is 7.35. The molecule has 130 valence electrons. The van der Waals surface area contributed by atoms with Gasteiger partial charge < -0.3 is 5.32 Å². The lowest BCUT2D eigenvalue weighted by Crippen LogP contribution is -2.19. The van der Waals surface area contributed by atoms with E-state index in [-0.39, 0.29) is 5.69 Å². The van der Waals surface area contributed by atoms with Crippen molar-refractivity contribution >= 4 is 38.4 Å². The Morgan fingerprint density at radius 2 is 1.88 bits per heavy atom. The monoisotopic (exact) mass is 365 g/mol. The average molecular weight is 365 g/mol. The van der Waals surface area contributed by atoms with Crippen LogP contribution in [-0.4, -0.2) is 11.0 Å². The summed E-state index contributed by atoms with van der Waals surface area (Å²) in [6.07, 6.45) is -4.46. The number of rotatable bonds is 2. The lowest BCUT2D eigenvalue weighted by atomic mass is 10.1. The summed E-state index contributed by atoms with van der Waals surface area (Å²) in [5, 5.41) is 5.33. The van der Waals surface area contributed by atoms with Crippen LogP contribution in [0.5, 0.6) is 0 Å². The van der Waals surface area contributed by atoms with Crippen molar-refractivity contribution in [2.75, 3.05) is 10.6 Å². The Morgan fingerprint density at radius 1 is 1.12 bits per heavy atom. The van der Waals surface area contributed by atoms with Gasteiger partial charge in [-0.1, -0.05) is 23.5 Å². The average Bonchev–Trinajstić information content (AvgIpc) is 2.89. The van der Waals surface area contributed by atoms with E-state index in [9.17, 15) is 18.0 Å². The highest BCUT2D eigenvalue weighted by Crippen LogP contribution is 2.31. The number of urea groups is 1. The van der Waals surface area contributed by atoms with Gasteiger partial charge in [-0.25, -0.2) is 9.78 Å². The minimum Gasteiger partial charge on any atom is -0.308 e. The van der Waals surface area contributed by atoms with Crippen LogP contribution in [0.2, 0.25) is 0 Å². The molecule has 25 heavy (non-hydrogen) atoms. The number of aryl methyl sites for hydroxylation is 2. The highest BCUT2D eigenvalue weighted by molar-refractivity contribution is 7.22. The molecule has 2 aromatic carbocycles. The third-order valence-corrected chi connectivity index (χ3v) is 4.42. The first kappa shape index (κ1) is 17.2. The quantitative estimate of drug-likeness (QED) is 0.623. The van der Waals surface area contributed by atoms with Gasteiger partial charge in [-0.15, -0.1) is 0 Å². The van der Waals surface area contributed by atoms with Crippen LogP contribution in [0.15, 0.2) is 36.4 Å². The van der Waals surface area contributed by atoms with Gasteiger partial charge in [0, 0.05) is 5.69 Å². The number of amides is 2. The maximum atomic E-state index is 12.7. The number of anilines is 2. The molecule has 0 aliphatic heterocycles. The van der Waals surface area contributed by atoms with Crippen molar-refractivity contribution in [2.24, 2.45) is 0 Å². The minimum absolute atomic E-state index is 0.0560. The summed E-state index contributed by atoms with van der Waals surface area (Å²) in [4.78, 5) is 16.4. The van der Waals surface area contributed by atoms with Gasteiger partial charge in [0.05, 0.1) is 15.8 Å². The number of benzene rings is 2. The maximum Gasteiger partial charge on any atom is 0.416 e. The Labute approximate surface area is 145 Å². The fraction of sp³-hybridized carbons (Fsp3) is 0.176. The number of alkyl halides is 3. The Kier molecular flexibility index (Phi) is 4.38. The van der Waals surface area contributed by atoms with Crippen molar-refractivity contribution in [1.29, 1.82) is 0 Å². The molecule has 1 heterocycles. The molecule has 0 aliphatic carbocycles. The Bertz CT molecular complexity index is 950. The summed E-state index contributed by atoms with van der Waals surface area (Å²) in [7, 11) is 0. The molecule has 0 aliphatic rings. The van der Waals surface area contributed by atoms with Crippen LogP contribution in [0.4, 0.5) is 28.8 Å². The molecule has 2 amide bonds. The lowest BCUT2D eigenvalue weighted by molar-refractivity contribution is -0.137. The summed E-state index contributed by atoms with van der Waals surface area (Å²) >= 11 is 1.31. The van der Waals surface area contributed by atoms with Gasteiger partial charge in [0.1, 0.15) is 0 Å². The Balaban J connectivity index is 1.76. The number of carbonyl (C=O) groups excluding carboxylic acids is 1. The van der Waals surface area contributed by atoms with E-state index in [2.05, 4.69) is 15.6 Å². The van der Waals surface area contributed by atoms with Gasteiger partial charge >= 0.3 is 12.2 Å². The highest BCUT2D eigenvalue weighted by atomic mass is 32.1. The van der Waals surface area contributed by atoms with Crippen molar-refractivity contribution < 1.29 is 18.0 Å². The second-order valence-corrected chi connectivity index (χ2v) is 6.64. The fourth-order valence-electron chi connectivity index (χ4n) is 2.46. The van der Waals surface area contributed by atoms with Gasteiger partial charge in [0.15, 0.2) is 5.13 Å². The van der Waals surface area contributed by atoms with Crippen LogP contribution < -0.4 is 10.6 Å². The molecule has 3 aromatic rings. The standard InChI is InChI=1S/C17H14F3N3OS/c1-9-6-10(2)14-13(7-9)25-16(22-14)23-15(24)21-12-5-3-4-11(8-12)17(18,19)20/h3-8H,1-2H3,(H2,21,22,23,24). The van der Waals surface area contributed by atoms with Gasteiger partial charge in [-0.2, -0.15) is 13.2 Å². The van der Waals surface area contributed by atoms with Crippen LogP contribution in [-0.2, 0) is 6.18 Å². The third kappa shape index (κ3) is 3.90. The summed E-state index contributed by atoms with van der Waals surface area (Å²) in [6, 6.07) is 7.77. The number of carbonyl (C=O) groups is 1. The molecule has 0 radical (unpaired) electrons. The van der Waals surface area contributed by atoms with E-state index in [0.29, 0.717) is 5.13 Å². The number of fused-ring (bicyclic) bond motifs is 1. The van der Waals surface area contributed by atoms with Gasteiger partial charge in [0.2, 0.25) is 0 Å². The SMILES string of the molecule is Cc1cc(C)c2nc(NC(=O)Nc3cccc(C(F)(F)F)c3)sc2c1. The molecule has 0 atom stereocenters. The maximum absolute atomic E-state index is 12.7. The van der Waals surface area contributed by atoms with Crippen LogP contribution in [0, 0.1) is 13.8 Å². The smallest absolute Gasteiger partial charge is 0.308 e. The van der Waals surface area contributed by atoms with Crippen molar-refractivity contribution in [3.63, 3.8) is 0 Å². The molecule has 0 bridgehead atoms. The molecular formula is C17H14F3N3OS. The number of nitrogens with zero attached hydrogens (tertiary/aromatic N) is 1. The zero-order valence-electron chi connectivity index (χ0n) is 13.4. The third-order valence-electron chi connectivity index (χ3n) is 3.50. The van der Waals surface area contributed by atoms with E-state index < -0.39 is 17.8 Å². The fourth-order valence-corrected chi connectivity index (χ4v) is 3.49. The van der Waals surface area contributed by atoms with Crippen molar-refractivity contribution in [2.45, 2.75) is 20.0 Å². The number of thiazole rings is 1. The largest absolute Gasteiger partial charge is 0.416 e. The molecule has 0 spiro atoms. The summed E-state index contributed by atoms with van der Waals surface area (Å²) in [5.41, 5.74) is 2.12. The molecule has 8 heteroatoms. The molecule has 0 unspecified atom stereocenters. The number of halogens is 3. The van der Waals surface area contributed by atoms with Crippen molar-refractivity contribution in [1.82, 2.24) is 4.98 Å². The second kappa shape index (κ2) is 6.36. The number of hydrogen-bond acceptors (Lipinski definition) is 3. The normalized spacial score (nSPS) is 11.6. The molecule has 3 rings (SSSR count). The lowest BCUT2D eigenvalue weighted by Gasteiger charge is -2.09. The number of hydrogen-bond donors (Lipinski definition) is 2. The summed E-state index contributed by atoms with van der Waals surface area (Å²) in [5.74, 6) is 0. The predicted molar refractivity (Wildman–Crippen MR) is 93.2 cm³/mol. The first-order chi connectivity index (χ1) is 11.7. The van der Waals surface area contributed by atoms with E-state index in [1.54, 1.807) is 0 Å². The van der Waals surface area contributed by atoms with Gasteiger partial charge in [-0.05, 0) is 49.2 Å². The van der Waals surface area contributed by atoms with Gasteiger partial charge in [0.25, 0.3) is 0 Å². The van der Waals surface area contributed by atoms with E-state index in [1.165, 1.54) is 23.5 Å². The first-order valence-corrected chi connectivity index (χ1v) is 8.17. The molecule has 4 nitrogen and oxygen atoms in total. The van der Waals surface area contributed by atoms with E-state index in [1.807, 2.05) is 26.0 Å². The second-order valence-electron chi connectivity index (χ2n) is 5.61. The Hall–Kier alpha value is -2.61. The van der Waals surface area contributed by atoms with Crippen LogP contribution in [0.25, 0.3) is 10.2 Å². The molecule has 0 saturated heterocycles. The predicted octanol–water partition coefficient (Wildman–Crippen LogP) is 5.58. The van der Waals surface area contributed by atoms with Crippen LogP contribution >= 0.6 is 11.3 Å². The molecule has 0 fully saturated rings. The van der Waals surface area contributed by atoms with Crippen molar-refractivity contribution in [3.05, 3.63) is 53.1 Å². The van der Waals surface area contributed by atoms with Crippen LogP contribution in [0.3, 0.4) is 0 Å². The van der Waals surface area contributed by atoms with Gasteiger partial charge in [-0.3, -0.25) is 5.32 Å². The van der Waals surface area contributed by atoms with E-state index in [4.69, 9.17) is 0 Å². The molecular weight excluding hydrogens is 351 g/mol. The number of nitrogens with one attached hydrogen (secondary N) is 2. The zero-order chi connectivity index (χ0) is 18.2.